The fraction of sp³-hybridized carbons (Fsp3) is 0.0556. The SMILES string of the molecule is Cc1ccc(O)c(N=Nc2c(-c3cccs3)nc3ccccn23)c1. The Morgan fingerprint density at radius 3 is 2.83 bits per heavy atom. The Morgan fingerprint density at radius 1 is 1.08 bits per heavy atom. The summed E-state index contributed by atoms with van der Waals surface area (Å²) >= 11 is 1.61. The van der Waals surface area contributed by atoms with Crippen LogP contribution < -0.4 is 0 Å². The number of nitrogens with zero attached hydrogens (tertiary/aromatic N) is 4. The number of phenols is 1. The number of aryl methyl sites for hydroxylation is 1. The molecule has 0 saturated carbocycles. The lowest BCUT2D eigenvalue weighted by Crippen LogP contribution is -1.81. The molecule has 5 nitrogen and oxygen atoms in total. The third kappa shape index (κ3) is 2.57. The van der Waals surface area contributed by atoms with Crippen LogP contribution in [0.3, 0.4) is 0 Å². The van der Waals surface area contributed by atoms with Gasteiger partial charge in [0.15, 0.2) is 5.82 Å². The van der Waals surface area contributed by atoms with Crippen molar-refractivity contribution in [2.75, 3.05) is 0 Å². The third-order valence-electron chi connectivity index (χ3n) is 3.64. The minimum Gasteiger partial charge on any atom is -0.506 e. The first-order valence-corrected chi connectivity index (χ1v) is 8.32. The average Bonchev–Trinajstić information content (AvgIpc) is 3.23. The molecule has 0 aliphatic rings. The van der Waals surface area contributed by atoms with E-state index in [0.29, 0.717) is 11.5 Å². The summed E-state index contributed by atoms with van der Waals surface area (Å²) in [4.78, 5) is 5.69. The van der Waals surface area contributed by atoms with E-state index in [2.05, 4.69) is 15.2 Å². The molecule has 24 heavy (non-hydrogen) atoms. The van der Waals surface area contributed by atoms with E-state index in [4.69, 9.17) is 0 Å². The molecule has 0 saturated heterocycles. The molecule has 0 aliphatic heterocycles. The van der Waals surface area contributed by atoms with Gasteiger partial charge in [0.25, 0.3) is 0 Å². The smallest absolute Gasteiger partial charge is 0.188 e. The van der Waals surface area contributed by atoms with Gasteiger partial charge in [0, 0.05) is 6.20 Å². The van der Waals surface area contributed by atoms with Gasteiger partial charge in [0.05, 0.1) is 4.88 Å². The van der Waals surface area contributed by atoms with E-state index in [0.717, 1.165) is 21.8 Å². The Bertz CT molecular complexity index is 1030. The second-order valence-corrected chi connectivity index (χ2v) is 6.33. The van der Waals surface area contributed by atoms with Gasteiger partial charge >= 0.3 is 0 Å². The molecule has 4 rings (SSSR count). The van der Waals surface area contributed by atoms with Gasteiger partial charge < -0.3 is 5.11 Å². The van der Waals surface area contributed by atoms with E-state index in [1.807, 2.05) is 59.3 Å². The summed E-state index contributed by atoms with van der Waals surface area (Å²) in [5.74, 6) is 0.754. The molecular weight excluding hydrogens is 320 g/mol. The predicted octanol–water partition coefficient (Wildman–Crippen LogP) is 5.49. The number of aromatic hydroxyl groups is 1. The first-order chi connectivity index (χ1) is 11.7. The maximum atomic E-state index is 9.96. The number of benzene rings is 1. The van der Waals surface area contributed by atoms with Crippen molar-refractivity contribution in [3.8, 4) is 16.3 Å². The van der Waals surface area contributed by atoms with Crippen molar-refractivity contribution in [3.05, 3.63) is 65.7 Å². The van der Waals surface area contributed by atoms with Crippen LogP contribution in [-0.2, 0) is 0 Å². The summed E-state index contributed by atoms with van der Waals surface area (Å²) in [6.07, 6.45) is 1.91. The Kier molecular flexibility index (Phi) is 3.59. The minimum atomic E-state index is 0.107. The van der Waals surface area contributed by atoms with E-state index in [1.54, 1.807) is 23.5 Å². The molecule has 3 heterocycles. The molecular formula is C18H14N4OS. The lowest BCUT2D eigenvalue weighted by atomic mass is 10.2. The van der Waals surface area contributed by atoms with Crippen LogP contribution in [0.5, 0.6) is 5.75 Å². The zero-order valence-electron chi connectivity index (χ0n) is 12.9. The number of thiophene rings is 1. The van der Waals surface area contributed by atoms with E-state index < -0.39 is 0 Å². The normalized spacial score (nSPS) is 11.5. The van der Waals surface area contributed by atoms with Crippen LogP contribution in [0, 0.1) is 6.92 Å². The first-order valence-electron chi connectivity index (χ1n) is 7.45. The molecule has 118 valence electrons. The quantitative estimate of drug-likeness (QED) is 0.503. The predicted molar refractivity (Wildman–Crippen MR) is 95.5 cm³/mol. The molecule has 0 spiro atoms. The van der Waals surface area contributed by atoms with Crippen molar-refractivity contribution in [2.24, 2.45) is 10.2 Å². The fourth-order valence-electron chi connectivity index (χ4n) is 2.47. The summed E-state index contributed by atoms with van der Waals surface area (Å²) in [5.41, 5.74) is 3.05. The lowest BCUT2D eigenvalue weighted by Gasteiger charge is -2.00. The number of aromatic nitrogens is 2. The van der Waals surface area contributed by atoms with Gasteiger partial charge in [0.1, 0.15) is 22.8 Å². The molecule has 0 aliphatic carbocycles. The Hall–Kier alpha value is -2.99. The number of hydrogen-bond acceptors (Lipinski definition) is 5. The van der Waals surface area contributed by atoms with Crippen LogP contribution in [0.1, 0.15) is 5.56 Å². The highest BCUT2D eigenvalue weighted by Gasteiger charge is 2.14. The number of phenolic OH excluding ortho intramolecular Hbond substituents is 1. The molecule has 0 radical (unpaired) electrons. The van der Waals surface area contributed by atoms with Crippen LogP contribution in [0.25, 0.3) is 16.2 Å². The van der Waals surface area contributed by atoms with Gasteiger partial charge in [-0.3, -0.25) is 4.40 Å². The second-order valence-electron chi connectivity index (χ2n) is 5.38. The lowest BCUT2D eigenvalue weighted by molar-refractivity contribution is 0.476. The zero-order chi connectivity index (χ0) is 16.5. The monoisotopic (exact) mass is 334 g/mol. The van der Waals surface area contributed by atoms with Crippen LogP contribution in [0.2, 0.25) is 0 Å². The number of rotatable bonds is 3. The van der Waals surface area contributed by atoms with Gasteiger partial charge in [-0.05, 0) is 48.2 Å². The largest absolute Gasteiger partial charge is 0.506 e. The number of imidazole rings is 1. The standard InChI is InChI=1S/C18H14N4OS/c1-12-7-8-14(23)13(11-12)20-21-18-17(15-5-4-10-24-15)19-16-6-2-3-9-22(16)18/h2-11,23H,1H3. The van der Waals surface area contributed by atoms with E-state index in [1.165, 1.54) is 0 Å². The molecule has 6 heteroatoms. The summed E-state index contributed by atoms with van der Waals surface area (Å²) < 4.78 is 1.89. The first kappa shape index (κ1) is 14.6. The van der Waals surface area contributed by atoms with Crippen LogP contribution in [0.4, 0.5) is 11.5 Å². The summed E-state index contributed by atoms with van der Waals surface area (Å²) in [6, 6.07) is 15.0. The molecule has 1 aromatic carbocycles. The van der Waals surface area contributed by atoms with Crippen LogP contribution >= 0.6 is 11.3 Å². The highest BCUT2D eigenvalue weighted by molar-refractivity contribution is 7.13. The highest BCUT2D eigenvalue weighted by Crippen LogP contribution is 2.36. The van der Waals surface area contributed by atoms with Crippen molar-refractivity contribution in [1.82, 2.24) is 9.38 Å². The Morgan fingerprint density at radius 2 is 2.00 bits per heavy atom. The molecule has 0 amide bonds. The summed E-state index contributed by atoms with van der Waals surface area (Å²) in [6.45, 7) is 1.95. The Balaban J connectivity index is 1.87. The van der Waals surface area contributed by atoms with E-state index in [-0.39, 0.29) is 5.75 Å². The average molecular weight is 334 g/mol. The van der Waals surface area contributed by atoms with Gasteiger partial charge in [-0.25, -0.2) is 4.98 Å². The van der Waals surface area contributed by atoms with Crippen molar-refractivity contribution in [1.29, 1.82) is 0 Å². The molecule has 4 aromatic rings. The maximum absolute atomic E-state index is 9.96. The van der Waals surface area contributed by atoms with E-state index in [9.17, 15) is 5.11 Å². The number of hydrogen-bond donors (Lipinski definition) is 1. The summed E-state index contributed by atoms with van der Waals surface area (Å²) in [7, 11) is 0. The molecule has 0 unspecified atom stereocenters. The molecule has 3 aromatic heterocycles. The molecule has 0 atom stereocenters. The zero-order valence-corrected chi connectivity index (χ0v) is 13.7. The van der Waals surface area contributed by atoms with Crippen LogP contribution in [-0.4, -0.2) is 14.5 Å². The van der Waals surface area contributed by atoms with Crippen molar-refractivity contribution in [3.63, 3.8) is 0 Å². The summed E-state index contributed by atoms with van der Waals surface area (Å²) in [5, 5.41) is 20.6. The number of pyridine rings is 1. The van der Waals surface area contributed by atoms with E-state index >= 15 is 0 Å². The van der Waals surface area contributed by atoms with Crippen LogP contribution in [0.15, 0.2) is 70.3 Å². The molecule has 0 fully saturated rings. The van der Waals surface area contributed by atoms with Crippen molar-refractivity contribution in [2.45, 2.75) is 6.92 Å². The van der Waals surface area contributed by atoms with Gasteiger partial charge in [0.2, 0.25) is 0 Å². The minimum absolute atomic E-state index is 0.107. The second kappa shape index (κ2) is 5.90. The third-order valence-corrected chi connectivity index (χ3v) is 4.52. The molecule has 1 N–H and O–H groups in total. The van der Waals surface area contributed by atoms with Gasteiger partial charge in [-0.2, -0.15) is 0 Å². The van der Waals surface area contributed by atoms with Crippen molar-refractivity contribution < 1.29 is 5.11 Å². The fourth-order valence-corrected chi connectivity index (χ4v) is 3.18. The maximum Gasteiger partial charge on any atom is 0.188 e. The van der Waals surface area contributed by atoms with Gasteiger partial charge in [-0.1, -0.05) is 18.2 Å². The molecule has 0 bridgehead atoms. The Labute approximate surface area is 142 Å². The van der Waals surface area contributed by atoms with Gasteiger partial charge in [-0.15, -0.1) is 21.6 Å². The number of fused-ring (bicyclic) bond motifs is 1. The topological polar surface area (TPSA) is 62.2 Å². The highest BCUT2D eigenvalue weighted by atomic mass is 32.1. The van der Waals surface area contributed by atoms with Crippen molar-refractivity contribution >= 4 is 28.5 Å². The number of azo groups is 1.